The van der Waals surface area contributed by atoms with Crippen LogP contribution < -0.4 is 5.32 Å². The van der Waals surface area contributed by atoms with Crippen molar-refractivity contribution in [1.82, 2.24) is 19.7 Å². The van der Waals surface area contributed by atoms with Crippen LogP contribution in [0.1, 0.15) is 59.4 Å². The summed E-state index contributed by atoms with van der Waals surface area (Å²) in [5.74, 6) is 1.96. The van der Waals surface area contributed by atoms with E-state index in [2.05, 4.69) is 20.1 Å². The maximum absolute atomic E-state index is 12.9. The van der Waals surface area contributed by atoms with Crippen LogP contribution in [0, 0.1) is 6.92 Å². The molecule has 33 heavy (non-hydrogen) atoms. The van der Waals surface area contributed by atoms with Crippen molar-refractivity contribution < 1.29 is 9.59 Å². The standard InChI is InChI=1S/C26H29N5O2/c1-18-8-11-21(25-29-28-23-6-3-2-4-15-31(23)25)16-22(18)27-26(33)20-12-9-19(10-13-20)17-30-14-5-7-24(30)32/h8-13,16H,2-7,14-15,17H2,1H3,(H,27,33). The molecule has 2 aliphatic heterocycles. The van der Waals surface area contributed by atoms with Crippen LogP contribution in [0.15, 0.2) is 42.5 Å². The van der Waals surface area contributed by atoms with E-state index in [-0.39, 0.29) is 11.8 Å². The number of benzene rings is 2. The van der Waals surface area contributed by atoms with Crippen LogP contribution in [-0.2, 0) is 24.3 Å². The molecule has 3 heterocycles. The molecule has 2 aromatic carbocycles. The number of nitrogens with one attached hydrogen (secondary N) is 1. The van der Waals surface area contributed by atoms with Gasteiger partial charge in [-0.05, 0) is 55.5 Å². The number of carbonyl (C=O) groups is 2. The third-order valence-electron chi connectivity index (χ3n) is 6.61. The van der Waals surface area contributed by atoms with Crippen molar-refractivity contribution in [3.8, 4) is 11.4 Å². The van der Waals surface area contributed by atoms with E-state index in [1.807, 2.05) is 54.3 Å². The van der Waals surface area contributed by atoms with Crippen molar-refractivity contribution in [2.45, 2.75) is 58.5 Å². The van der Waals surface area contributed by atoms with Crippen molar-refractivity contribution in [3.05, 3.63) is 65.0 Å². The maximum Gasteiger partial charge on any atom is 0.255 e. The highest BCUT2D eigenvalue weighted by molar-refractivity contribution is 6.05. The maximum atomic E-state index is 12.9. The molecule has 0 spiro atoms. The number of hydrogen-bond acceptors (Lipinski definition) is 4. The quantitative estimate of drug-likeness (QED) is 0.636. The summed E-state index contributed by atoms with van der Waals surface area (Å²) in [5.41, 5.74) is 4.35. The third-order valence-corrected chi connectivity index (χ3v) is 6.61. The normalized spacial score (nSPS) is 15.9. The zero-order valence-electron chi connectivity index (χ0n) is 19.0. The molecule has 1 fully saturated rings. The molecular weight excluding hydrogens is 414 g/mol. The summed E-state index contributed by atoms with van der Waals surface area (Å²) in [6, 6.07) is 13.5. The van der Waals surface area contributed by atoms with Crippen LogP contribution in [0.3, 0.4) is 0 Å². The summed E-state index contributed by atoms with van der Waals surface area (Å²) in [6.07, 6.45) is 6.03. The van der Waals surface area contributed by atoms with Gasteiger partial charge in [0.05, 0.1) is 0 Å². The average molecular weight is 444 g/mol. The molecule has 0 bridgehead atoms. The van der Waals surface area contributed by atoms with Gasteiger partial charge in [0.1, 0.15) is 5.82 Å². The SMILES string of the molecule is Cc1ccc(-c2nnc3n2CCCCC3)cc1NC(=O)c1ccc(CN2CCCC2=O)cc1. The first-order valence-electron chi connectivity index (χ1n) is 11.8. The largest absolute Gasteiger partial charge is 0.338 e. The summed E-state index contributed by atoms with van der Waals surface area (Å²) < 4.78 is 2.22. The van der Waals surface area contributed by atoms with Gasteiger partial charge in [0, 0.05) is 49.3 Å². The smallest absolute Gasteiger partial charge is 0.255 e. The van der Waals surface area contributed by atoms with E-state index in [0.717, 1.165) is 72.8 Å². The van der Waals surface area contributed by atoms with Gasteiger partial charge in [-0.1, -0.05) is 30.7 Å². The number of rotatable bonds is 5. The predicted octanol–water partition coefficient (Wildman–Crippen LogP) is 4.35. The fourth-order valence-electron chi connectivity index (χ4n) is 4.64. The highest BCUT2D eigenvalue weighted by atomic mass is 16.2. The fourth-order valence-corrected chi connectivity index (χ4v) is 4.64. The van der Waals surface area contributed by atoms with Crippen LogP contribution in [0.5, 0.6) is 0 Å². The van der Waals surface area contributed by atoms with E-state index in [1.54, 1.807) is 0 Å². The minimum Gasteiger partial charge on any atom is -0.338 e. The summed E-state index contributed by atoms with van der Waals surface area (Å²) in [6.45, 7) is 4.33. The molecule has 0 atom stereocenters. The molecular formula is C26H29N5O2. The highest BCUT2D eigenvalue weighted by Gasteiger charge is 2.20. The van der Waals surface area contributed by atoms with Crippen molar-refractivity contribution in [2.24, 2.45) is 0 Å². The minimum atomic E-state index is -0.154. The predicted molar refractivity (Wildman–Crippen MR) is 127 cm³/mol. The molecule has 7 nitrogen and oxygen atoms in total. The van der Waals surface area contributed by atoms with Crippen molar-refractivity contribution in [2.75, 3.05) is 11.9 Å². The number of anilines is 1. The lowest BCUT2D eigenvalue weighted by atomic mass is 10.1. The lowest BCUT2D eigenvalue weighted by Crippen LogP contribution is -2.23. The Bertz CT molecular complexity index is 1180. The summed E-state index contributed by atoms with van der Waals surface area (Å²) >= 11 is 0. The molecule has 7 heteroatoms. The number of aromatic nitrogens is 3. The van der Waals surface area contributed by atoms with Gasteiger partial charge in [0.15, 0.2) is 5.82 Å². The minimum absolute atomic E-state index is 0.154. The number of amides is 2. The Hall–Kier alpha value is -3.48. The molecule has 1 saturated heterocycles. The third kappa shape index (κ3) is 4.53. The van der Waals surface area contributed by atoms with Gasteiger partial charge >= 0.3 is 0 Å². The highest BCUT2D eigenvalue weighted by Crippen LogP contribution is 2.27. The molecule has 0 unspecified atom stereocenters. The van der Waals surface area contributed by atoms with E-state index in [9.17, 15) is 9.59 Å². The van der Waals surface area contributed by atoms with Crippen LogP contribution in [0.2, 0.25) is 0 Å². The van der Waals surface area contributed by atoms with Gasteiger partial charge in [-0.2, -0.15) is 0 Å². The molecule has 2 amide bonds. The van der Waals surface area contributed by atoms with Gasteiger partial charge < -0.3 is 14.8 Å². The first-order valence-corrected chi connectivity index (χ1v) is 11.8. The molecule has 1 N–H and O–H groups in total. The zero-order chi connectivity index (χ0) is 22.8. The molecule has 2 aliphatic rings. The number of aryl methyl sites for hydroxylation is 2. The number of carbonyl (C=O) groups excluding carboxylic acids is 2. The molecule has 0 saturated carbocycles. The number of likely N-dealkylation sites (tertiary alicyclic amines) is 1. The first kappa shape index (κ1) is 21.4. The van der Waals surface area contributed by atoms with Gasteiger partial charge in [-0.3, -0.25) is 9.59 Å². The van der Waals surface area contributed by atoms with Crippen molar-refractivity contribution in [1.29, 1.82) is 0 Å². The number of hydrogen-bond donors (Lipinski definition) is 1. The van der Waals surface area contributed by atoms with Gasteiger partial charge in [-0.25, -0.2) is 0 Å². The lowest BCUT2D eigenvalue weighted by molar-refractivity contribution is -0.128. The Morgan fingerprint density at radius 2 is 1.82 bits per heavy atom. The lowest BCUT2D eigenvalue weighted by Gasteiger charge is -2.16. The fraction of sp³-hybridized carbons (Fsp3) is 0.385. The monoisotopic (exact) mass is 443 g/mol. The summed E-state index contributed by atoms with van der Waals surface area (Å²) in [4.78, 5) is 26.7. The van der Waals surface area contributed by atoms with Gasteiger partial charge in [0.2, 0.25) is 5.91 Å². The van der Waals surface area contributed by atoms with E-state index in [0.29, 0.717) is 18.5 Å². The number of fused-ring (bicyclic) bond motifs is 1. The Balaban J connectivity index is 1.32. The summed E-state index contributed by atoms with van der Waals surface area (Å²) in [7, 11) is 0. The van der Waals surface area contributed by atoms with E-state index in [4.69, 9.17) is 0 Å². The van der Waals surface area contributed by atoms with Gasteiger partial charge in [-0.15, -0.1) is 10.2 Å². The number of nitrogens with zero attached hydrogens (tertiary/aromatic N) is 4. The second-order valence-electron chi connectivity index (χ2n) is 9.00. The van der Waals surface area contributed by atoms with Crippen LogP contribution in [-0.4, -0.2) is 38.0 Å². The van der Waals surface area contributed by atoms with Crippen molar-refractivity contribution >= 4 is 17.5 Å². The average Bonchev–Trinajstić information content (AvgIpc) is 3.33. The Morgan fingerprint density at radius 3 is 2.61 bits per heavy atom. The van der Waals surface area contributed by atoms with Crippen LogP contribution in [0.25, 0.3) is 11.4 Å². The van der Waals surface area contributed by atoms with Crippen LogP contribution >= 0.6 is 0 Å². The summed E-state index contributed by atoms with van der Waals surface area (Å²) in [5, 5.41) is 11.9. The molecule has 3 aromatic rings. The molecule has 1 aromatic heterocycles. The van der Waals surface area contributed by atoms with E-state index in [1.165, 1.54) is 6.42 Å². The topological polar surface area (TPSA) is 80.1 Å². The molecule has 0 aliphatic carbocycles. The van der Waals surface area contributed by atoms with E-state index >= 15 is 0 Å². The molecule has 170 valence electrons. The van der Waals surface area contributed by atoms with E-state index < -0.39 is 0 Å². The molecule has 0 radical (unpaired) electrons. The van der Waals surface area contributed by atoms with Gasteiger partial charge in [0.25, 0.3) is 5.91 Å². The van der Waals surface area contributed by atoms with Crippen molar-refractivity contribution in [3.63, 3.8) is 0 Å². The molecule has 5 rings (SSSR count). The Labute approximate surface area is 193 Å². The Morgan fingerprint density at radius 1 is 0.970 bits per heavy atom. The van der Waals surface area contributed by atoms with Crippen LogP contribution in [0.4, 0.5) is 5.69 Å². The second kappa shape index (κ2) is 9.17. The first-order chi connectivity index (χ1) is 16.1. The Kier molecular flexibility index (Phi) is 5.94. The second-order valence-corrected chi connectivity index (χ2v) is 9.00. The zero-order valence-corrected chi connectivity index (χ0v) is 19.0.